The van der Waals surface area contributed by atoms with E-state index in [2.05, 4.69) is 0 Å². The van der Waals surface area contributed by atoms with Gasteiger partial charge < -0.3 is 19.3 Å². The second-order valence-electron chi connectivity index (χ2n) is 4.01. The van der Waals surface area contributed by atoms with Gasteiger partial charge in [-0.3, -0.25) is 0 Å². The number of hydrogen-bond acceptors (Lipinski definition) is 5. The maximum absolute atomic E-state index is 13.5. The second kappa shape index (κ2) is 3.51. The van der Waals surface area contributed by atoms with Crippen molar-refractivity contribution in [3.05, 3.63) is 17.4 Å². The van der Waals surface area contributed by atoms with Crippen molar-refractivity contribution in [2.24, 2.45) is 0 Å². The zero-order chi connectivity index (χ0) is 12.8. The number of phenolic OH excluding ortho intramolecular Hbond substituents is 1. The van der Waals surface area contributed by atoms with Crippen molar-refractivity contribution >= 4 is 5.97 Å². The van der Waals surface area contributed by atoms with Crippen LogP contribution in [0.4, 0.5) is 4.39 Å². The molecule has 0 aromatic heterocycles. The summed E-state index contributed by atoms with van der Waals surface area (Å²) in [5.74, 6) is -3.79. The minimum Gasteiger partial charge on any atom is -0.504 e. The highest BCUT2D eigenvalue weighted by Gasteiger charge is 2.39. The van der Waals surface area contributed by atoms with Gasteiger partial charge in [-0.05, 0) is 0 Å². The van der Waals surface area contributed by atoms with E-state index in [-0.39, 0.29) is 17.1 Å². The Morgan fingerprint density at radius 1 is 1.41 bits per heavy atom. The first-order chi connectivity index (χ1) is 7.85. The van der Waals surface area contributed by atoms with Crippen LogP contribution < -0.4 is 9.47 Å². The molecule has 0 unspecified atom stereocenters. The van der Waals surface area contributed by atoms with Gasteiger partial charge in [0.2, 0.25) is 5.79 Å². The number of carbonyl (C=O) groups excluding carboxylic acids is 1. The molecular formula is C11H11FO5. The van der Waals surface area contributed by atoms with Gasteiger partial charge in [0.25, 0.3) is 0 Å². The largest absolute Gasteiger partial charge is 0.504 e. The highest BCUT2D eigenvalue weighted by atomic mass is 19.1. The fourth-order valence-corrected chi connectivity index (χ4v) is 1.63. The van der Waals surface area contributed by atoms with E-state index < -0.39 is 23.3 Å². The quantitative estimate of drug-likeness (QED) is 0.761. The van der Waals surface area contributed by atoms with Crippen molar-refractivity contribution < 1.29 is 28.5 Å². The Morgan fingerprint density at radius 3 is 2.65 bits per heavy atom. The Balaban J connectivity index is 2.70. The van der Waals surface area contributed by atoms with E-state index in [1.165, 1.54) is 21.0 Å². The summed E-state index contributed by atoms with van der Waals surface area (Å²) in [5, 5.41) is 9.58. The molecule has 1 aromatic carbocycles. The van der Waals surface area contributed by atoms with Crippen molar-refractivity contribution in [1.82, 2.24) is 0 Å². The lowest BCUT2D eigenvalue weighted by molar-refractivity contribution is -0.128. The third-order valence-corrected chi connectivity index (χ3v) is 2.26. The lowest BCUT2D eigenvalue weighted by Crippen LogP contribution is -2.39. The number of phenols is 1. The summed E-state index contributed by atoms with van der Waals surface area (Å²) in [6.07, 6.45) is 0. The summed E-state index contributed by atoms with van der Waals surface area (Å²) in [6.45, 7) is 3.01. The molecule has 0 aliphatic carbocycles. The fraction of sp³-hybridized carbons (Fsp3) is 0.364. The lowest BCUT2D eigenvalue weighted by atomic mass is 10.1. The van der Waals surface area contributed by atoms with Crippen LogP contribution in [-0.2, 0) is 4.74 Å². The molecule has 0 saturated heterocycles. The van der Waals surface area contributed by atoms with Crippen molar-refractivity contribution in [3.8, 4) is 17.2 Å². The first-order valence-electron chi connectivity index (χ1n) is 4.87. The molecule has 0 radical (unpaired) electrons. The average Bonchev–Trinajstić information content (AvgIpc) is 2.19. The number of fused-ring (bicyclic) bond motifs is 1. The molecule has 0 saturated carbocycles. The number of cyclic esters (lactones) is 1. The first-order valence-corrected chi connectivity index (χ1v) is 4.87. The van der Waals surface area contributed by atoms with E-state index in [9.17, 15) is 14.3 Å². The molecule has 1 aliphatic rings. The molecule has 2 rings (SSSR count). The summed E-state index contributed by atoms with van der Waals surface area (Å²) in [6, 6.07) is 0.826. The van der Waals surface area contributed by atoms with Crippen LogP contribution in [0.1, 0.15) is 24.2 Å². The summed E-state index contributed by atoms with van der Waals surface area (Å²) in [4.78, 5) is 11.7. The van der Waals surface area contributed by atoms with Gasteiger partial charge in [0.05, 0.1) is 7.11 Å². The molecule has 5 nitrogen and oxygen atoms in total. The molecule has 17 heavy (non-hydrogen) atoms. The lowest BCUT2D eigenvalue weighted by Gasteiger charge is -2.32. The molecule has 1 aliphatic heterocycles. The molecule has 92 valence electrons. The molecule has 0 spiro atoms. The zero-order valence-corrected chi connectivity index (χ0v) is 9.54. The molecule has 0 atom stereocenters. The molecule has 1 aromatic rings. The number of methoxy groups -OCH3 is 1. The number of esters is 1. The summed E-state index contributed by atoms with van der Waals surface area (Å²) < 4.78 is 28.4. The summed E-state index contributed by atoms with van der Waals surface area (Å²) in [7, 11) is 1.21. The van der Waals surface area contributed by atoms with Crippen molar-refractivity contribution in [1.29, 1.82) is 0 Å². The van der Waals surface area contributed by atoms with E-state index in [1.807, 2.05) is 0 Å². The van der Waals surface area contributed by atoms with Gasteiger partial charge in [0, 0.05) is 19.9 Å². The van der Waals surface area contributed by atoms with Crippen LogP contribution in [0.15, 0.2) is 6.07 Å². The predicted molar refractivity (Wildman–Crippen MR) is 54.7 cm³/mol. The Kier molecular flexibility index (Phi) is 2.38. The first kappa shape index (κ1) is 11.5. The maximum atomic E-state index is 13.5. The van der Waals surface area contributed by atoms with E-state index >= 15 is 0 Å². The van der Waals surface area contributed by atoms with Crippen molar-refractivity contribution in [2.75, 3.05) is 7.11 Å². The number of carbonyl (C=O) groups is 1. The molecule has 1 heterocycles. The maximum Gasteiger partial charge on any atom is 0.349 e. The van der Waals surface area contributed by atoms with Crippen LogP contribution in [0.25, 0.3) is 0 Å². The van der Waals surface area contributed by atoms with Crippen molar-refractivity contribution in [2.45, 2.75) is 19.6 Å². The van der Waals surface area contributed by atoms with Crippen LogP contribution in [0.3, 0.4) is 0 Å². The van der Waals surface area contributed by atoms with Gasteiger partial charge in [-0.25, -0.2) is 9.18 Å². The summed E-state index contributed by atoms with van der Waals surface area (Å²) in [5.41, 5.74) is -0.246. The Hall–Kier alpha value is -1.98. The highest BCUT2D eigenvalue weighted by Crippen LogP contribution is 2.44. The minimum atomic E-state index is -1.22. The monoisotopic (exact) mass is 242 g/mol. The SMILES string of the molecule is COc1c(F)cc(O)c2c1C(=O)OC(C)(C)O2. The Labute approximate surface area is 96.7 Å². The second-order valence-corrected chi connectivity index (χ2v) is 4.01. The fourth-order valence-electron chi connectivity index (χ4n) is 1.63. The van der Waals surface area contributed by atoms with Crippen molar-refractivity contribution in [3.63, 3.8) is 0 Å². The number of benzene rings is 1. The number of halogens is 1. The van der Waals surface area contributed by atoms with Crippen LogP contribution in [0.2, 0.25) is 0 Å². The van der Waals surface area contributed by atoms with Crippen LogP contribution in [0.5, 0.6) is 17.2 Å². The van der Waals surface area contributed by atoms with Gasteiger partial charge >= 0.3 is 5.97 Å². The highest BCUT2D eigenvalue weighted by molar-refractivity contribution is 5.97. The topological polar surface area (TPSA) is 65.0 Å². The van der Waals surface area contributed by atoms with E-state index in [0.29, 0.717) is 0 Å². The molecule has 0 bridgehead atoms. The van der Waals surface area contributed by atoms with Crippen LogP contribution in [-0.4, -0.2) is 24.0 Å². The smallest absolute Gasteiger partial charge is 0.349 e. The van der Waals surface area contributed by atoms with Crippen LogP contribution in [0, 0.1) is 5.82 Å². The van der Waals surface area contributed by atoms with Gasteiger partial charge in [0.1, 0.15) is 0 Å². The predicted octanol–water partition coefficient (Wildman–Crippen LogP) is 1.83. The van der Waals surface area contributed by atoms with Crippen LogP contribution >= 0.6 is 0 Å². The number of ether oxygens (including phenoxy) is 3. The normalized spacial score (nSPS) is 16.8. The molecule has 6 heteroatoms. The van der Waals surface area contributed by atoms with Gasteiger partial charge in [-0.1, -0.05) is 0 Å². The van der Waals surface area contributed by atoms with Gasteiger partial charge in [-0.2, -0.15) is 0 Å². The third kappa shape index (κ3) is 1.75. The Bertz CT molecular complexity index is 495. The van der Waals surface area contributed by atoms with E-state index in [4.69, 9.17) is 14.2 Å². The summed E-state index contributed by atoms with van der Waals surface area (Å²) >= 11 is 0. The molecule has 1 N–H and O–H groups in total. The molecule has 0 fully saturated rings. The minimum absolute atomic E-state index is 0.135. The third-order valence-electron chi connectivity index (χ3n) is 2.26. The number of aromatic hydroxyl groups is 1. The van der Waals surface area contributed by atoms with E-state index in [1.54, 1.807) is 0 Å². The molecule has 0 amide bonds. The standard InChI is InChI=1S/C11H11FO5/c1-11(2)16-9-6(13)4-5(12)8(15-3)7(9)10(14)17-11/h4,13H,1-3H3. The van der Waals surface area contributed by atoms with E-state index in [0.717, 1.165) is 6.07 Å². The average molecular weight is 242 g/mol. The number of hydrogen-bond donors (Lipinski definition) is 1. The molecular weight excluding hydrogens is 231 g/mol. The number of rotatable bonds is 1. The zero-order valence-electron chi connectivity index (χ0n) is 9.54. The van der Waals surface area contributed by atoms with Gasteiger partial charge in [0.15, 0.2) is 28.6 Å². The van der Waals surface area contributed by atoms with Gasteiger partial charge in [-0.15, -0.1) is 0 Å². The Morgan fingerprint density at radius 2 is 2.06 bits per heavy atom.